The van der Waals surface area contributed by atoms with Crippen LogP contribution in [0.5, 0.6) is 11.5 Å². The summed E-state index contributed by atoms with van der Waals surface area (Å²) in [6.07, 6.45) is 1.95. The number of rotatable bonds is 5. The smallest absolute Gasteiger partial charge is 0.146 e. The standard InChI is InChI=1S/C54H38N4OS/c1-54(2,3)35-28-29-55-48(30-35)57-45-32-37(23-25-40(45)41-26-27-47-49(52(41)57)42-19-11-13-21-46(42)60-47)59-36-22-24-38-39-18-10-12-20-44(39)58-51(34-16-8-5-9-17-34)50(33-14-6-4-7-15-33)56-53(58)43(38)31-36/h4-32H,1-3H3. The first-order chi connectivity index (χ1) is 29.4. The Morgan fingerprint density at radius 2 is 1.20 bits per heavy atom. The van der Waals surface area contributed by atoms with Crippen molar-refractivity contribution in [1.29, 1.82) is 0 Å². The van der Waals surface area contributed by atoms with E-state index >= 15 is 0 Å². The predicted octanol–water partition coefficient (Wildman–Crippen LogP) is 14.9. The van der Waals surface area contributed by atoms with Gasteiger partial charge < -0.3 is 4.74 Å². The lowest BCUT2D eigenvalue weighted by Gasteiger charge is -2.20. The van der Waals surface area contributed by atoms with Crippen LogP contribution in [0.15, 0.2) is 176 Å². The molecule has 5 nitrogen and oxygen atoms in total. The summed E-state index contributed by atoms with van der Waals surface area (Å²) >= 11 is 1.84. The second-order valence-corrected chi connectivity index (χ2v) is 17.7. The van der Waals surface area contributed by atoms with Crippen molar-refractivity contribution in [3.63, 3.8) is 0 Å². The Kier molecular flexibility index (Phi) is 7.59. The van der Waals surface area contributed by atoms with E-state index in [2.05, 4.69) is 200 Å². The van der Waals surface area contributed by atoms with Gasteiger partial charge in [0.25, 0.3) is 0 Å². The van der Waals surface area contributed by atoms with Crippen LogP contribution in [0.1, 0.15) is 26.3 Å². The summed E-state index contributed by atoms with van der Waals surface area (Å²) in [6.45, 7) is 6.76. The van der Waals surface area contributed by atoms with Crippen LogP contribution in [-0.2, 0) is 5.41 Å². The number of para-hydroxylation sites is 1. The van der Waals surface area contributed by atoms with Crippen molar-refractivity contribution in [2.24, 2.45) is 0 Å². The maximum Gasteiger partial charge on any atom is 0.146 e. The maximum absolute atomic E-state index is 6.90. The first-order valence-electron chi connectivity index (χ1n) is 20.4. The third kappa shape index (κ3) is 5.31. The van der Waals surface area contributed by atoms with E-state index in [4.69, 9.17) is 14.7 Å². The first kappa shape index (κ1) is 34.7. The fourth-order valence-electron chi connectivity index (χ4n) is 9.14. The van der Waals surface area contributed by atoms with Crippen LogP contribution in [0.3, 0.4) is 0 Å². The van der Waals surface area contributed by atoms with Gasteiger partial charge in [-0.1, -0.05) is 124 Å². The molecule has 0 saturated heterocycles. The molecule has 0 aliphatic heterocycles. The van der Waals surface area contributed by atoms with Crippen molar-refractivity contribution in [2.75, 3.05) is 0 Å². The minimum absolute atomic E-state index is 0.0412. The van der Waals surface area contributed by atoms with Crippen molar-refractivity contribution in [3.8, 4) is 39.8 Å². The molecule has 5 aromatic heterocycles. The Labute approximate surface area is 350 Å². The van der Waals surface area contributed by atoms with Gasteiger partial charge in [-0.25, -0.2) is 9.97 Å². The van der Waals surface area contributed by atoms with Crippen LogP contribution in [0.25, 0.3) is 97.6 Å². The SMILES string of the molecule is CC(C)(C)c1ccnc(-n2c3cc(Oc4ccc5c6ccccc6n6c(-c7ccccc7)c(-c7ccccc7)nc6c5c4)ccc3c3ccc4sc5ccccc5c4c32)c1. The van der Waals surface area contributed by atoms with Crippen LogP contribution < -0.4 is 4.74 Å². The highest BCUT2D eigenvalue weighted by Gasteiger charge is 2.23. The number of thiophene rings is 1. The number of fused-ring (bicyclic) bond motifs is 13. The van der Waals surface area contributed by atoms with E-state index in [1.54, 1.807) is 0 Å². The van der Waals surface area contributed by atoms with E-state index in [-0.39, 0.29) is 5.41 Å². The highest BCUT2D eigenvalue weighted by Crippen LogP contribution is 2.45. The molecule has 0 radical (unpaired) electrons. The summed E-state index contributed by atoms with van der Waals surface area (Å²) in [6, 6.07) is 60.3. The fraction of sp³-hybridized carbons (Fsp3) is 0.0741. The zero-order chi connectivity index (χ0) is 40.1. The number of hydrogen-bond acceptors (Lipinski definition) is 4. The Balaban J connectivity index is 1.08. The van der Waals surface area contributed by atoms with Gasteiger partial charge in [0.05, 0.1) is 27.9 Å². The number of imidazole rings is 1. The van der Waals surface area contributed by atoms with Gasteiger partial charge in [-0.15, -0.1) is 11.3 Å². The number of aromatic nitrogens is 4. The lowest BCUT2D eigenvalue weighted by molar-refractivity contribution is 0.484. The van der Waals surface area contributed by atoms with Crippen LogP contribution >= 0.6 is 11.3 Å². The highest BCUT2D eigenvalue weighted by molar-refractivity contribution is 7.26. The summed E-state index contributed by atoms with van der Waals surface area (Å²) in [4.78, 5) is 10.5. The van der Waals surface area contributed by atoms with Crippen LogP contribution in [0.2, 0.25) is 0 Å². The highest BCUT2D eigenvalue weighted by atomic mass is 32.1. The van der Waals surface area contributed by atoms with Gasteiger partial charge in [-0.05, 0) is 77.0 Å². The van der Waals surface area contributed by atoms with E-state index in [1.807, 2.05) is 17.5 Å². The van der Waals surface area contributed by atoms with E-state index in [9.17, 15) is 0 Å². The van der Waals surface area contributed by atoms with E-state index in [0.29, 0.717) is 0 Å². The predicted molar refractivity (Wildman–Crippen MR) is 251 cm³/mol. The van der Waals surface area contributed by atoms with Crippen LogP contribution in [0.4, 0.5) is 0 Å². The molecule has 6 heteroatoms. The Morgan fingerprint density at radius 3 is 2.00 bits per heavy atom. The fourth-order valence-corrected chi connectivity index (χ4v) is 10.2. The minimum atomic E-state index is -0.0412. The zero-order valence-corrected chi connectivity index (χ0v) is 34.2. The first-order valence-corrected chi connectivity index (χ1v) is 21.2. The van der Waals surface area contributed by atoms with Gasteiger partial charge in [0.15, 0.2) is 0 Å². The van der Waals surface area contributed by atoms with Gasteiger partial charge in [0, 0.05) is 65.1 Å². The van der Waals surface area contributed by atoms with E-state index in [0.717, 1.165) is 78.1 Å². The molecule has 0 atom stereocenters. The molecule has 0 N–H and O–H groups in total. The topological polar surface area (TPSA) is 44.4 Å². The van der Waals surface area contributed by atoms with Gasteiger partial charge >= 0.3 is 0 Å². The van der Waals surface area contributed by atoms with Crippen molar-refractivity contribution in [2.45, 2.75) is 26.2 Å². The largest absolute Gasteiger partial charge is 0.457 e. The molecule has 0 saturated carbocycles. The molecular formula is C54H38N4OS. The number of ether oxygens (including phenoxy) is 1. The summed E-state index contributed by atoms with van der Waals surface area (Å²) in [5, 5.41) is 8.17. The Bertz CT molecular complexity index is 3670. The third-order valence-corrected chi connectivity index (χ3v) is 13.1. The summed E-state index contributed by atoms with van der Waals surface area (Å²) in [7, 11) is 0. The maximum atomic E-state index is 6.90. The molecular weight excluding hydrogens is 753 g/mol. The second kappa shape index (κ2) is 13.1. The van der Waals surface area contributed by atoms with Crippen LogP contribution in [0, 0.1) is 0 Å². The van der Waals surface area contributed by atoms with Crippen molar-refractivity contribution in [3.05, 3.63) is 182 Å². The molecule has 0 aliphatic rings. The van der Waals surface area contributed by atoms with Gasteiger partial charge in [0.2, 0.25) is 0 Å². The summed E-state index contributed by atoms with van der Waals surface area (Å²) in [5.74, 6) is 2.38. The molecule has 5 heterocycles. The normalized spacial score (nSPS) is 12.2. The zero-order valence-electron chi connectivity index (χ0n) is 33.3. The Hall–Kier alpha value is -7.28. The Morgan fingerprint density at radius 1 is 0.533 bits per heavy atom. The number of nitrogens with zero attached hydrogens (tertiary/aromatic N) is 4. The monoisotopic (exact) mass is 790 g/mol. The number of hydrogen-bond donors (Lipinski definition) is 0. The molecule has 0 unspecified atom stereocenters. The minimum Gasteiger partial charge on any atom is -0.457 e. The third-order valence-electron chi connectivity index (χ3n) is 12.0. The van der Waals surface area contributed by atoms with E-state index in [1.165, 1.54) is 36.6 Å². The molecule has 0 aliphatic carbocycles. The second-order valence-electron chi connectivity index (χ2n) is 16.6. The van der Waals surface area contributed by atoms with Gasteiger partial charge in [0.1, 0.15) is 23.0 Å². The molecule has 0 amide bonds. The molecule has 286 valence electrons. The summed E-state index contributed by atoms with van der Waals surface area (Å²) in [5.41, 5.74) is 9.60. The number of pyridine rings is 2. The molecule has 7 aromatic carbocycles. The molecule has 12 rings (SSSR count). The number of benzene rings is 7. The lowest BCUT2D eigenvalue weighted by Crippen LogP contribution is -2.12. The molecule has 0 fully saturated rings. The van der Waals surface area contributed by atoms with Gasteiger partial charge in [-0.2, -0.15) is 0 Å². The van der Waals surface area contributed by atoms with Gasteiger partial charge in [-0.3, -0.25) is 8.97 Å². The quantitative estimate of drug-likeness (QED) is 0.163. The summed E-state index contributed by atoms with van der Waals surface area (Å²) < 4.78 is 14.1. The molecule has 0 bridgehead atoms. The average molecular weight is 791 g/mol. The van der Waals surface area contributed by atoms with Crippen molar-refractivity contribution >= 4 is 80.6 Å². The molecule has 0 spiro atoms. The average Bonchev–Trinajstić information content (AvgIpc) is 3.97. The van der Waals surface area contributed by atoms with Crippen LogP contribution in [-0.4, -0.2) is 18.9 Å². The molecule has 12 aromatic rings. The molecule has 60 heavy (non-hydrogen) atoms. The lowest BCUT2D eigenvalue weighted by atomic mass is 9.88. The van der Waals surface area contributed by atoms with Crippen molar-refractivity contribution < 1.29 is 4.74 Å². The van der Waals surface area contributed by atoms with E-state index < -0.39 is 0 Å². The van der Waals surface area contributed by atoms with Crippen molar-refractivity contribution in [1.82, 2.24) is 18.9 Å².